The summed E-state index contributed by atoms with van der Waals surface area (Å²) in [6, 6.07) is 0.867. The van der Waals surface area contributed by atoms with Gasteiger partial charge in [0.15, 0.2) is 0 Å². The number of nitrogens with zero attached hydrogens (tertiary/aromatic N) is 1. The number of nitrogens with one attached hydrogen (secondary N) is 2. The molecule has 2 heterocycles. The van der Waals surface area contributed by atoms with Crippen LogP contribution in [0.1, 0.15) is 26.7 Å². The van der Waals surface area contributed by atoms with Crippen molar-refractivity contribution in [2.24, 2.45) is 5.92 Å². The zero-order valence-electron chi connectivity index (χ0n) is 9.62. The molecule has 0 saturated carbocycles. The monoisotopic (exact) mass is 211 g/mol. The maximum atomic E-state index is 11.8. The molecular weight excluding hydrogens is 190 g/mol. The van der Waals surface area contributed by atoms with E-state index < -0.39 is 0 Å². The number of hydrogen-bond acceptors (Lipinski definition) is 2. The second-order valence-corrected chi connectivity index (χ2v) is 4.97. The highest BCUT2D eigenvalue weighted by Crippen LogP contribution is 2.24. The lowest BCUT2D eigenvalue weighted by Crippen LogP contribution is -2.43. The van der Waals surface area contributed by atoms with E-state index in [0.717, 1.165) is 19.6 Å². The first-order chi connectivity index (χ1) is 7.16. The predicted molar refractivity (Wildman–Crippen MR) is 59.8 cm³/mol. The summed E-state index contributed by atoms with van der Waals surface area (Å²) in [6.45, 7) is 6.92. The fourth-order valence-electron chi connectivity index (χ4n) is 2.55. The second kappa shape index (κ2) is 4.39. The quantitative estimate of drug-likeness (QED) is 0.673. The average molecular weight is 211 g/mol. The van der Waals surface area contributed by atoms with Gasteiger partial charge in [-0.15, -0.1) is 0 Å². The Balaban J connectivity index is 1.88. The number of carbonyl (C=O) groups excluding carboxylic acids is 1. The van der Waals surface area contributed by atoms with E-state index in [0.29, 0.717) is 12.0 Å². The predicted octanol–water partition coefficient (Wildman–Crippen LogP) is 0.788. The highest BCUT2D eigenvalue weighted by Gasteiger charge is 2.36. The van der Waals surface area contributed by atoms with Crippen LogP contribution in [0.25, 0.3) is 0 Å². The number of likely N-dealkylation sites (tertiary alicyclic amines) is 1. The summed E-state index contributed by atoms with van der Waals surface area (Å²) in [5.74, 6) is 0.677. The van der Waals surface area contributed by atoms with Crippen LogP contribution in [0.5, 0.6) is 0 Å². The summed E-state index contributed by atoms with van der Waals surface area (Å²) in [4.78, 5) is 13.7. The molecule has 0 spiro atoms. The fraction of sp³-hybridized carbons (Fsp3) is 0.909. The number of amides is 2. The maximum absolute atomic E-state index is 11.8. The summed E-state index contributed by atoms with van der Waals surface area (Å²) in [5.41, 5.74) is 0. The van der Waals surface area contributed by atoms with Crippen LogP contribution in [0.15, 0.2) is 0 Å². The molecule has 2 fully saturated rings. The topological polar surface area (TPSA) is 44.4 Å². The number of rotatable bonds is 1. The summed E-state index contributed by atoms with van der Waals surface area (Å²) < 4.78 is 0. The van der Waals surface area contributed by atoms with Gasteiger partial charge < -0.3 is 15.5 Å². The standard InChI is InChI=1S/C11H21N3O/c1-8(2)13-11(15)14-6-9-4-3-5-12-10(9)7-14/h8-10,12H,3-7H2,1-2H3,(H,13,15)/t9-,10+/m0/s1. The van der Waals surface area contributed by atoms with Crippen LogP contribution < -0.4 is 10.6 Å². The van der Waals surface area contributed by atoms with Crippen LogP contribution in [-0.2, 0) is 0 Å². The maximum Gasteiger partial charge on any atom is 0.317 e. The molecule has 2 aliphatic heterocycles. The Bertz CT molecular complexity index is 228. The lowest BCUT2D eigenvalue weighted by atomic mass is 9.94. The number of carbonyl (C=O) groups is 1. The molecule has 2 atom stereocenters. The molecule has 2 rings (SSSR count). The molecule has 0 aliphatic carbocycles. The summed E-state index contributed by atoms with van der Waals surface area (Å²) >= 11 is 0. The summed E-state index contributed by atoms with van der Waals surface area (Å²) in [5, 5.41) is 6.45. The smallest absolute Gasteiger partial charge is 0.317 e. The van der Waals surface area contributed by atoms with Crippen LogP contribution in [0.3, 0.4) is 0 Å². The zero-order valence-corrected chi connectivity index (χ0v) is 9.62. The van der Waals surface area contributed by atoms with E-state index in [1.165, 1.54) is 12.8 Å². The van der Waals surface area contributed by atoms with E-state index in [1.54, 1.807) is 0 Å². The first-order valence-electron chi connectivity index (χ1n) is 5.95. The van der Waals surface area contributed by atoms with Crippen LogP contribution in [0.4, 0.5) is 4.79 Å². The van der Waals surface area contributed by atoms with Gasteiger partial charge in [0, 0.05) is 25.2 Å². The largest absolute Gasteiger partial charge is 0.336 e. The molecule has 86 valence electrons. The molecule has 2 aliphatic rings. The molecule has 2 N–H and O–H groups in total. The van der Waals surface area contributed by atoms with Gasteiger partial charge in [0.1, 0.15) is 0 Å². The molecule has 0 radical (unpaired) electrons. The van der Waals surface area contributed by atoms with Crippen LogP contribution in [-0.4, -0.2) is 42.6 Å². The minimum atomic E-state index is 0.0983. The Morgan fingerprint density at radius 2 is 2.27 bits per heavy atom. The van der Waals surface area contributed by atoms with Gasteiger partial charge in [-0.05, 0) is 39.2 Å². The first-order valence-corrected chi connectivity index (χ1v) is 5.95. The van der Waals surface area contributed by atoms with Crippen LogP contribution >= 0.6 is 0 Å². The van der Waals surface area contributed by atoms with E-state index >= 15 is 0 Å². The molecule has 2 amide bonds. The molecular formula is C11H21N3O. The van der Waals surface area contributed by atoms with Crippen molar-refractivity contribution in [3.63, 3.8) is 0 Å². The molecule has 4 heteroatoms. The van der Waals surface area contributed by atoms with Crippen molar-refractivity contribution in [3.8, 4) is 0 Å². The Morgan fingerprint density at radius 3 is 2.93 bits per heavy atom. The van der Waals surface area contributed by atoms with E-state index in [4.69, 9.17) is 0 Å². The molecule has 0 unspecified atom stereocenters. The molecule has 0 aromatic heterocycles. The summed E-state index contributed by atoms with van der Waals surface area (Å²) in [6.07, 6.45) is 2.52. The minimum absolute atomic E-state index is 0.0983. The van der Waals surface area contributed by atoms with Gasteiger partial charge in [0.2, 0.25) is 0 Å². The highest BCUT2D eigenvalue weighted by molar-refractivity contribution is 5.74. The number of fused-ring (bicyclic) bond motifs is 1. The molecule has 0 bridgehead atoms. The zero-order chi connectivity index (χ0) is 10.8. The third kappa shape index (κ3) is 2.43. The minimum Gasteiger partial charge on any atom is -0.336 e. The Morgan fingerprint density at radius 1 is 1.47 bits per heavy atom. The van der Waals surface area contributed by atoms with Crippen molar-refractivity contribution in [1.82, 2.24) is 15.5 Å². The first kappa shape index (κ1) is 10.7. The van der Waals surface area contributed by atoms with Gasteiger partial charge in [-0.2, -0.15) is 0 Å². The molecule has 0 aromatic carbocycles. The van der Waals surface area contributed by atoms with E-state index in [2.05, 4.69) is 10.6 Å². The fourth-order valence-corrected chi connectivity index (χ4v) is 2.55. The van der Waals surface area contributed by atoms with Crippen molar-refractivity contribution in [3.05, 3.63) is 0 Å². The highest BCUT2D eigenvalue weighted by atomic mass is 16.2. The van der Waals surface area contributed by atoms with Crippen LogP contribution in [0, 0.1) is 5.92 Å². The number of urea groups is 1. The van der Waals surface area contributed by atoms with Gasteiger partial charge in [0.25, 0.3) is 0 Å². The Kier molecular flexibility index (Phi) is 3.14. The van der Waals surface area contributed by atoms with Gasteiger partial charge in [-0.1, -0.05) is 0 Å². The van der Waals surface area contributed by atoms with Gasteiger partial charge in [-0.3, -0.25) is 0 Å². The molecule has 15 heavy (non-hydrogen) atoms. The van der Waals surface area contributed by atoms with E-state index in [-0.39, 0.29) is 12.1 Å². The van der Waals surface area contributed by atoms with E-state index in [9.17, 15) is 4.79 Å². The normalized spacial score (nSPS) is 30.5. The second-order valence-electron chi connectivity index (χ2n) is 4.97. The Hall–Kier alpha value is -0.770. The SMILES string of the molecule is CC(C)NC(=O)N1C[C@@H]2CCCN[C@@H]2C1. The third-order valence-electron chi connectivity index (χ3n) is 3.30. The summed E-state index contributed by atoms with van der Waals surface area (Å²) in [7, 11) is 0. The lowest BCUT2D eigenvalue weighted by Gasteiger charge is -2.24. The van der Waals surface area contributed by atoms with Crippen LogP contribution in [0.2, 0.25) is 0 Å². The van der Waals surface area contributed by atoms with Gasteiger partial charge in [-0.25, -0.2) is 4.79 Å². The van der Waals surface area contributed by atoms with Crippen molar-refractivity contribution >= 4 is 6.03 Å². The van der Waals surface area contributed by atoms with E-state index in [1.807, 2.05) is 18.7 Å². The molecule has 0 aromatic rings. The molecule has 2 saturated heterocycles. The van der Waals surface area contributed by atoms with Crippen molar-refractivity contribution in [2.45, 2.75) is 38.8 Å². The number of hydrogen-bond donors (Lipinski definition) is 2. The van der Waals surface area contributed by atoms with Crippen molar-refractivity contribution in [1.29, 1.82) is 0 Å². The average Bonchev–Trinajstić information content (AvgIpc) is 2.59. The lowest BCUT2D eigenvalue weighted by molar-refractivity contribution is 0.204. The van der Waals surface area contributed by atoms with Gasteiger partial charge >= 0.3 is 6.03 Å². The van der Waals surface area contributed by atoms with Crippen molar-refractivity contribution < 1.29 is 4.79 Å². The van der Waals surface area contributed by atoms with Crippen molar-refractivity contribution in [2.75, 3.05) is 19.6 Å². The Labute approximate surface area is 91.4 Å². The molecule has 4 nitrogen and oxygen atoms in total. The third-order valence-corrected chi connectivity index (χ3v) is 3.30. The van der Waals surface area contributed by atoms with Gasteiger partial charge in [0.05, 0.1) is 0 Å². The number of piperidine rings is 1.